The van der Waals surface area contributed by atoms with Gasteiger partial charge >= 0.3 is 0 Å². The molecule has 0 bridgehead atoms. The lowest BCUT2D eigenvalue weighted by Gasteiger charge is -2.34. The average Bonchev–Trinajstić information content (AvgIpc) is 3.18. The number of rotatable bonds is 4. The fourth-order valence-electron chi connectivity index (χ4n) is 3.34. The minimum Gasteiger partial charge on any atom is -0.345 e. The summed E-state index contributed by atoms with van der Waals surface area (Å²) in [5, 5.41) is 1.02. The Labute approximate surface area is 172 Å². The summed E-state index contributed by atoms with van der Waals surface area (Å²) in [6, 6.07) is 13.2. The molecule has 0 spiro atoms. The number of nitrogens with zero attached hydrogens (tertiary/aromatic N) is 3. The number of amides is 1. The van der Waals surface area contributed by atoms with Gasteiger partial charge in [0, 0.05) is 42.2 Å². The molecule has 1 saturated heterocycles. The zero-order chi connectivity index (χ0) is 19.7. The molecule has 2 heterocycles. The summed E-state index contributed by atoms with van der Waals surface area (Å²) in [6.45, 7) is 4.40. The SMILES string of the molecule is CSc1cccc2sc(N3CCN(C(=O)c4ccc(C(C)=O)cc4)CC3)nc12. The maximum atomic E-state index is 12.8. The normalized spacial score (nSPS) is 14.5. The molecular weight excluding hydrogens is 390 g/mol. The van der Waals surface area contributed by atoms with Crippen molar-refractivity contribution in [1.29, 1.82) is 0 Å². The van der Waals surface area contributed by atoms with E-state index in [2.05, 4.69) is 29.4 Å². The summed E-state index contributed by atoms with van der Waals surface area (Å²) in [5.74, 6) is 0.0248. The highest BCUT2D eigenvalue weighted by molar-refractivity contribution is 7.98. The Kier molecular flexibility index (Phi) is 5.37. The molecule has 28 heavy (non-hydrogen) atoms. The van der Waals surface area contributed by atoms with Crippen molar-refractivity contribution in [2.75, 3.05) is 37.3 Å². The van der Waals surface area contributed by atoms with Crippen molar-refractivity contribution in [3.05, 3.63) is 53.6 Å². The van der Waals surface area contributed by atoms with Crippen LogP contribution in [0.15, 0.2) is 47.4 Å². The number of benzene rings is 2. The van der Waals surface area contributed by atoms with Gasteiger partial charge in [-0.2, -0.15) is 0 Å². The van der Waals surface area contributed by atoms with Gasteiger partial charge in [-0.1, -0.05) is 29.5 Å². The van der Waals surface area contributed by atoms with Crippen LogP contribution in [0.2, 0.25) is 0 Å². The largest absolute Gasteiger partial charge is 0.345 e. The predicted octanol–water partition coefficient (Wildman–Crippen LogP) is 4.18. The number of thioether (sulfide) groups is 1. The van der Waals surface area contributed by atoms with Gasteiger partial charge in [-0.25, -0.2) is 4.98 Å². The minimum absolute atomic E-state index is 0.00748. The summed E-state index contributed by atoms with van der Waals surface area (Å²) in [6.07, 6.45) is 2.07. The van der Waals surface area contributed by atoms with E-state index in [4.69, 9.17) is 4.98 Å². The number of aromatic nitrogens is 1. The Balaban J connectivity index is 1.44. The van der Waals surface area contributed by atoms with Crippen molar-refractivity contribution in [3.8, 4) is 0 Å². The lowest BCUT2D eigenvalue weighted by atomic mass is 10.1. The Hall–Kier alpha value is -2.38. The second-order valence-electron chi connectivity index (χ2n) is 6.72. The Morgan fingerprint density at radius 2 is 1.68 bits per heavy atom. The van der Waals surface area contributed by atoms with Gasteiger partial charge < -0.3 is 9.80 Å². The van der Waals surface area contributed by atoms with Gasteiger partial charge in [-0.15, -0.1) is 11.8 Å². The zero-order valence-electron chi connectivity index (χ0n) is 15.8. The third-order valence-corrected chi connectivity index (χ3v) is 6.82. The molecule has 0 unspecified atom stereocenters. The smallest absolute Gasteiger partial charge is 0.253 e. The second kappa shape index (κ2) is 7.93. The van der Waals surface area contributed by atoms with Gasteiger partial charge in [0.1, 0.15) is 0 Å². The molecular formula is C21H21N3O2S2. The highest BCUT2D eigenvalue weighted by Crippen LogP contribution is 2.34. The number of anilines is 1. The van der Waals surface area contributed by atoms with E-state index in [-0.39, 0.29) is 11.7 Å². The molecule has 0 atom stereocenters. The second-order valence-corrected chi connectivity index (χ2v) is 8.57. The van der Waals surface area contributed by atoms with Crippen LogP contribution in [0.5, 0.6) is 0 Å². The van der Waals surface area contributed by atoms with E-state index in [9.17, 15) is 9.59 Å². The third kappa shape index (κ3) is 3.64. The van der Waals surface area contributed by atoms with E-state index in [1.807, 2.05) is 4.90 Å². The number of carbonyl (C=O) groups is 2. The highest BCUT2D eigenvalue weighted by Gasteiger charge is 2.24. The van der Waals surface area contributed by atoms with Crippen LogP contribution in [-0.2, 0) is 0 Å². The Morgan fingerprint density at radius 1 is 1.00 bits per heavy atom. The first-order valence-electron chi connectivity index (χ1n) is 9.15. The van der Waals surface area contributed by atoms with E-state index in [1.165, 1.54) is 16.5 Å². The van der Waals surface area contributed by atoms with E-state index >= 15 is 0 Å². The van der Waals surface area contributed by atoms with Crippen molar-refractivity contribution < 1.29 is 9.59 Å². The first-order chi connectivity index (χ1) is 13.6. The number of fused-ring (bicyclic) bond motifs is 1. The highest BCUT2D eigenvalue weighted by atomic mass is 32.2. The molecule has 0 aliphatic carbocycles. The number of thiazole rings is 1. The van der Waals surface area contributed by atoms with Gasteiger partial charge in [0.25, 0.3) is 5.91 Å². The summed E-state index contributed by atoms with van der Waals surface area (Å²) >= 11 is 3.42. The van der Waals surface area contributed by atoms with Crippen LogP contribution in [0.1, 0.15) is 27.6 Å². The summed E-state index contributed by atoms with van der Waals surface area (Å²) < 4.78 is 1.20. The van der Waals surface area contributed by atoms with E-state index in [0.717, 1.165) is 23.7 Å². The van der Waals surface area contributed by atoms with Gasteiger partial charge in [-0.3, -0.25) is 9.59 Å². The number of hydrogen-bond acceptors (Lipinski definition) is 6. The molecule has 5 nitrogen and oxygen atoms in total. The number of piperazine rings is 1. The molecule has 1 aliphatic rings. The molecule has 144 valence electrons. The Morgan fingerprint density at radius 3 is 2.32 bits per heavy atom. The molecule has 4 rings (SSSR count). The summed E-state index contributed by atoms with van der Waals surface area (Å²) in [4.78, 5) is 34.3. The first kappa shape index (κ1) is 19.0. The lowest BCUT2D eigenvalue weighted by Crippen LogP contribution is -2.48. The number of para-hydroxylation sites is 1. The molecule has 1 amide bonds. The fourth-order valence-corrected chi connectivity index (χ4v) is 5.01. The monoisotopic (exact) mass is 411 g/mol. The van der Waals surface area contributed by atoms with Crippen LogP contribution in [0.25, 0.3) is 10.2 Å². The number of hydrogen-bond donors (Lipinski definition) is 0. The van der Waals surface area contributed by atoms with Crippen LogP contribution >= 0.6 is 23.1 Å². The van der Waals surface area contributed by atoms with Gasteiger partial charge in [-0.05, 0) is 37.4 Å². The standard InChI is InChI=1S/C21H21N3O2S2/c1-14(25)15-6-8-16(9-7-15)20(26)23-10-12-24(13-11-23)21-22-19-17(27-2)4-3-5-18(19)28-21/h3-9H,10-13H2,1-2H3. The van der Waals surface area contributed by atoms with Gasteiger partial charge in [0.05, 0.1) is 10.2 Å². The Bertz CT molecular complexity index is 1020. The van der Waals surface area contributed by atoms with Crippen LogP contribution in [0, 0.1) is 0 Å². The predicted molar refractivity (Wildman–Crippen MR) is 116 cm³/mol. The maximum Gasteiger partial charge on any atom is 0.253 e. The minimum atomic E-state index is 0.00748. The maximum absolute atomic E-state index is 12.8. The van der Waals surface area contributed by atoms with Crippen molar-refractivity contribution in [2.24, 2.45) is 0 Å². The number of ketones is 1. The quantitative estimate of drug-likeness (QED) is 0.476. The average molecular weight is 412 g/mol. The van der Waals surface area contributed by atoms with Gasteiger partial charge in [0.15, 0.2) is 10.9 Å². The summed E-state index contributed by atoms with van der Waals surface area (Å²) in [7, 11) is 0. The van der Waals surface area contributed by atoms with E-state index in [0.29, 0.717) is 24.2 Å². The van der Waals surface area contributed by atoms with E-state index < -0.39 is 0 Å². The lowest BCUT2D eigenvalue weighted by molar-refractivity contribution is 0.0746. The zero-order valence-corrected chi connectivity index (χ0v) is 17.5. The number of Topliss-reactive ketones (excluding diaryl/α,β-unsaturated/α-hetero) is 1. The molecule has 0 N–H and O–H groups in total. The molecule has 1 aromatic heterocycles. The van der Waals surface area contributed by atoms with Gasteiger partial charge in [0.2, 0.25) is 0 Å². The van der Waals surface area contributed by atoms with Crippen molar-refractivity contribution in [1.82, 2.24) is 9.88 Å². The molecule has 0 saturated carbocycles. The fraction of sp³-hybridized carbons (Fsp3) is 0.286. The molecule has 3 aromatic rings. The van der Waals surface area contributed by atoms with Crippen LogP contribution in [0.4, 0.5) is 5.13 Å². The van der Waals surface area contributed by atoms with Crippen molar-refractivity contribution in [3.63, 3.8) is 0 Å². The van der Waals surface area contributed by atoms with Crippen molar-refractivity contribution in [2.45, 2.75) is 11.8 Å². The van der Waals surface area contributed by atoms with E-state index in [1.54, 1.807) is 47.4 Å². The van der Waals surface area contributed by atoms with Crippen LogP contribution < -0.4 is 4.90 Å². The topological polar surface area (TPSA) is 53.5 Å². The molecule has 1 aliphatic heterocycles. The first-order valence-corrected chi connectivity index (χ1v) is 11.2. The molecule has 1 fully saturated rings. The number of carbonyl (C=O) groups excluding carboxylic acids is 2. The summed E-state index contributed by atoms with van der Waals surface area (Å²) in [5.41, 5.74) is 2.32. The van der Waals surface area contributed by atoms with Crippen LogP contribution in [0.3, 0.4) is 0 Å². The molecule has 2 aromatic carbocycles. The third-order valence-electron chi connectivity index (χ3n) is 4.97. The van der Waals surface area contributed by atoms with Crippen LogP contribution in [-0.4, -0.2) is 54.0 Å². The molecule has 0 radical (unpaired) electrons. The molecule has 7 heteroatoms. The van der Waals surface area contributed by atoms with Crippen molar-refractivity contribution >= 4 is 50.1 Å².